The van der Waals surface area contributed by atoms with Crippen molar-refractivity contribution in [2.75, 3.05) is 13.2 Å². The van der Waals surface area contributed by atoms with E-state index in [1.165, 1.54) is 0 Å². The Hall–Kier alpha value is -1.39. The summed E-state index contributed by atoms with van der Waals surface area (Å²) in [5.41, 5.74) is 0. The molecular formula is C10H15FO4. The molecular weight excluding hydrogens is 203 g/mol. The molecule has 86 valence electrons. The van der Waals surface area contributed by atoms with Crippen LogP contribution in [-0.4, -0.2) is 25.2 Å². The molecule has 0 fully saturated rings. The number of hydrogen-bond acceptors (Lipinski definition) is 4. The Morgan fingerprint density at radius 3 is 2.33 bits per heavy atom. The first kappa shape index (κ1) is 13.6. The van der Waals surface area contributed by atoms with E-state index in [2.05, 4.69) is 9.47 Å². The van der Waals surface area contributed by atoms with E-state index in [0.29, 0.717) is 6.61 Å². The molecule has 0 atom stereocenters. The van der Waals surface area contributed by atoms with Gasteiger partial charge in [0.1, 0.15) is 0 Å². The van der Waals surface area contributed by atoms with Gasteiger partial charge in [-0.25, -0.2) is 4.79 Å². The fraction of sp³-hybridized carbons (Fsp3) is 0.600. The third-order valence-electron chi connectivity index (χ3n) is 1.45. The maximum Gasteiger partial charge on any atom is 0.366 e. The van der Waals surface area contributed by atoms with Crippen LogP contribution in [0.5, 0.6) is 0 Å². The van der Waals surface area contributed by atoms with E-state index in [1.807, 2.05) is 0 Å². The summed E-state index contributed by atoms with van der Waals surface area (Å²) in [7, 11) is 0. The quantitative estimate of drug-likeness (QED) is 0.503. The van der Waals surface area contributed by atoms with Gasteiger partial charge < -0.3 is 9.47 Å². The average Bonchev–Trinajstić information content (AvgIpc) is 2.18. The fourth-order valence-electron chi connectivity index (χ4n) is 0.833. The van der Waals surface area contributed by atoms with Crippen LogP contribution in [0.1, 0.15) is 26.7 Å². The van der Waals surface area contributed by atoms with E-state index in [-0.39, 0.29) is 19.4 Å². The Kier molecular flexibility index (Phi) is 7.23. The number of ether oxygens (including phenoxy) is 2. The van der Waals surface area contributed by atoms with E-state index in [0.717, 1.165) is 6.08 Å². The number of carbonyl (C=O) groups is 2. The predicted octanol–water partition coefficient (Wildman–Crippen LogP) is 1.75. The van der Waals surface area contributed by atoms with E-state index < -0.39 is 17.8 Å². The third-order valence-corrected chi connectivity index (χ3v) is 1.45. The zero-order valence-electron chi connectivity index (χ0n) is 8.92. The van der Waals surface area contributed by atoms with Gasteiger partial charge >= 0.3 is 11.9 Å². The van der Waals surface area contributed by atoms with E-state index in [9.17, 15) is 14.0 Å². The molecule has 0 amide bonds. The molecule has 0 spiro atoms. The molecule has 0 aromatic carbocycles. The van der Waals surface area contributed by atoms with Crippen LogP contribution >= 0.6 is 0 Å². The van der Waals surface area contributed by atoms with Crippen LogP contribution in [0.3, 0.4) is 0 Å². The normalized spacial score (nSPS) is 11.0. The minimum absolute atomic E-state index is 0.0562. The monoisotopic (exact) mass is 218 g/mol. The maximum atomic E-state index is 12.9. The lowest BCUT2D eigenvalue weighted by atomic mass is 10.3. The molecule has 0 aliphatic rings. The Balaban J connectivity index is 3.85. The Bertz CT molecular complexity index is 248. The van der Waals surface area contributed by atoms with Crippen LogP contribution < -0.4 is 0 Å². The van der Waals surface area contributed by atoms with Crippen molar-refractivity contribution in [1.82, 2.24) is 0 Å². The van der Waals surface area contributed by atoms with Crippen LogP contribution in [0, 0.1) is 0 Å². The Morgan fingerprint density at radius 2 is 1.80 bits per heavy atom. The number of halogens is 1. The summed E-state index contributed by atoms with van der Waals surface area (Å²) in [5, 5.41) is 0. The van der Waals surface area contributed by atoms with Crippen LogP contribution in [0.4, 0.5) is 4.39 Å². The average molecular weight is 218 g/mol. The van der Waals surface area contributed by atoms with Gasteiger partial charge in [-0.1, -0.05) is 0 Å². The molecule has 15 heavy (non-hydrogen) atoms. The predicted molar refractivity (Wildman–Crippen MR) is 51.7 cm³/mol. The van der Waals surface area contributed by atoms with Gasteiger partial charge in [0.05, 0.1) is 13.2 Å². The van der Waals surface area contributed by atoms with E-state index >= 15 is 0 Å². The van der Waals surface area contributed by atoms with Crippen LogP contribution in [0.15, 0.2) is 11.9 Å². The maximum absolute atomic E-state index is 12.9. The second-order valence-electron chi connectivity index (χ2n) is 2.62. The minimum Gasteiger partial charge on any atom is -0.466 e. The second kappa shape index (κ2) is 7.96. The highest BCUT2D eigenvalue weighted by molar-refractivity contribution is 5.85. The van der Waals surface area contributed by atoms with Gasteiger partial charge in [0.15, 0.2) is 0 Å². The molecule has 0 rings (SSSR count). The second-order valence-corrected chi connectivity index (χ2v) is 2.62. The van der Waals surface area contributed by atoms with Crippen molar-refractivity contribution in [3.05, 3.63) is 11.9 Å². The highest BCUT2D eigenvalue weighted by atomic mass is 19.1. The molecule has 0 aromatic rings. The first-order valence-electron chi connectivity index (χ1n) is 4.80. The summed E-state index contributed by atoms with van der Waals surface area (Å²) in [6.07, 6.45) is 1.21. The molecule has 0 radical (unpaired) electrons. The largest absolute Gasteiger partial charge is 0.466 e. The zero-order valence-corrected chi connectivity index (χ0v) is 8.92. The molecule has 0 bridgehead atoms. The fourth-order valence-corrected chi connectivity index (χ4v) is 0.833. The molecule has 0 saturated heterocycles. The molecule has 0 aliphatic heterocycles. The van der Waals surface area contributed by atoms with E-state index in [1.54, 1.807) is 13.8 Å². The molecule has 0 unspecified atom stereocenters. The molecule has 0 heterocycles. The minimum atomic E-state index is -0.999. The topological polar surface area (TPSA) is 52.6 Å². The van der Waals surface area contributed by atoms with Crippen LogP contribution in [0.2, 0.25) is 0 Å². The smallest absolute Gasteiger partial charge is 0.366 e. The molecule has 0 N–H and O–H groups in total. The van der Waals surface area contributed by atoms with Gasteiger partial charge in [-0.3, -0.25) is 4.79 Å². The number of allylic oxidation sites excluding steroid dienone is 1. The van der Waals surface area contributed by atoms with Crippen molar-refractivity contribution in [2.24, 2.45) is 0 Å². The standard InChI is InChI=1S/C10H15FO4/c1-3-14-9(12)7-5-6-8(11)10(13)15-4-2/h6H,3-5,7H2,1-2H3/b8-6-. The number of carbonyl (C=O) groups excluding carboxylic acids is 2. The van der Waals surface area contributed by atoms with Crippen LogP contribution in [-0.2, 0) is 19.1 Å². The van der Waals surface area contributed by atoms with Crippen molar-refractivity contribution in [3.8, 4) is 0 Å². The van der Waals surface area contributed by atoms with Crippen LogP contribution in [0.25, 0.3) is 0 Å². The first-order chi connectivity index (χ1) is 7.11. The van der Waals surface area contributed by atoms with E-state index in [4.69, 9.17) is 0 Å². The first-order valence-corrected chi connectivity index (χ1v) is 4.80. The lowest BCUT2D eigenvalue weighted by Gasteiger charge is -1.99. The van der Waals surface area contributed by atoms with Gasteiger partial charge in [-0.15, -0.1) is 0 Å². The van der Waals surface area contributed by atoms with Crippen molar-refractivity contribution in [2.45, 2.75) is 26.7 Å². The zero-order chi connectivity index (χ0) is 11.7. The van der Waals surface area contributed by atoms with Crippen molar-refractivity contribution in [1.29, 1.82) is 0 Å². The lowest BCUT2D eigenvalue weighted by Crippen LogP contribution is -2.05. The van der Waals surface area contributed by atoms with Gasteiger partial charge in [0, 0.05) is 6.42 Å². The number of esters is 2. The highest BCUT2D eigenvalue weighted by Crippen LogP contribution is 2.04. The van der Waals surface area contributed by atoms with Crippen molar-refractivity contribution in [3.63, 3.8) is 0 Å². The summed E-state index contributed by atoms with van der Waals surface area (Å²) in [5.74, 6) is -2.38. The molecule has 0 aromatic heterocycles. The summed E-state index contributed by atoms with van der Waals surface area (Å²) < 4.78 is 21.9. The molecule has 5 heteroatoms. The highest BCUT2D eigenvalue weighted by Gasteiger charge is 2.09. The molecule has 0 saturated carbocycles. The summed E-state index contributed by atoms with van der Waals surface area (Å²) in [6, 6.07) is 0. The summed E-state index contributed by atoms with van der Waals surface area (Å²) in [6.45, 7) is 3.69. The van der Waals surface area contributed by atoms with Gasteiger partial charge in [0.25, 0.3) is 0 Å². The van der Waals surface area contributed by atoms with Crippen molar-refractivity contribution < 1.29 is 23.5 Å². The SMILES string of the molecule is CCOC(=O)CC/C=C(\F)C(=O)OCC. The van der Waals surface area contributed by atoms with Crippen molar-refractivity contribution >= 4 is 11.9 Å². The molecule has 0 aliphatic carbocycles. The molecule has 4 nitrogen and oxygen atoms in total. The number of rotatable bonds is 6. The van der Waals surface area contributed by atoms with Gasteiger partial charge in [0.2, 0.25) is 5.83 Å². The third kappa shape index (κ3) is 6.65. The van der Waals surface area contributed by atoms with Gasteiger partial charge in [-0.2, -0.15) is 4.39 Å². The summed E-state index contributed by atoms with van der Waals surface area (Å²) >= 11 is 0. The van der Waals surface area contributed by atoms with Gasteiger partial charge in [-0.05, 0) is 26.3 Å². The number of hydrogen-bond donors (Lipinski definition) is 0. The summed E-state index contributed by atoms with van der Waals surface area (Å²) in [4.78, 5) is 21.6. The Morgan fingerprint density at radius 1 is 1.20 bits per heavy atom. The lowest BCUT2D eigenvalue weighted by molar-refractivity contribution is -0.143. The Labute approximate surface area is 88.0 Å².